The van der Waals surface area contributed by atoms with E-state index in [2.05, 4.69) is 35.8 Å². The highest BCUT2D eigenvalue weighted by Crippen LogP contribution is 2.14. The van der Waals surface area contributed by atoms with Gasteiger partial charge in [0.25, 0.3) is 0 Å². The minimum absolute atomic E-state index is 0.0401. The number of rotatable bonds is 46. The van der Waals surface area contributed by atoms with Crippen LogP contribution in [0.3, 0.4) is 0 Å². The second-order valence-corrected chi connectivity index (χ2v) is 15.6. The summed E-state index contributed by atoms with van der Waals surface area (Å²) in [6.07, 6.45) is 19.4. The summed E-state index contributed by atoms with van der Waals surface area (Å²) in [5.41, 5.74) is 0.0401. The topological polar surface area (TPSA) is 237 Å². The molecule has 0 aliphatic rings. The molecule has 0 saturated heterocycles. The largest absolute Gasteiger partial charge is 0.481 e. The molecule has 17 nitrogen and oxygen atoms in total. The van der Waals surface area contributed by atoms with Crippen LogP contribution in [0.5, 0.6) is 0 Å². The molecule has 354 valence electrons. The first kappa shape index (κ1) is 57.9. The molecule has 2 unspecified atom stereocenters. The maximum atomic E-state index is 12.3. The molecule has 0 saturated carbocycles. The van der Waals surface area contributed by atoms with Gasteiger partial charge in [0.1, 0.15) is 19.5 Å². The van der Waals surface area contributed by atoms with E-state index in [0.29, 0.717) is 25.8 Å². The first-order valence-corrected chi connectivity index (χ1v) is 23.3. The van der Waals surface area contributed by atoms with Crippen molar-refractivity contribution in [2.45, 2.75) is 154 Å². The number of carboxylic acid groups (broad SMARTS) is 1. The molecular formula is C43H80N5O12P. The Morgan fingerprint density at radius 3 is 1.46 bits per heavy atom. The Morgan fingerprint density at radius 2 is 0.984 bits per heavy atom. The minimum Gasteiger partial charge on any atom is -0.481 e. The molecule has 61 heavy (non-hydrogen) atoms. The maximum absolute atomic E-state index is 12.3. The zero-order valence-corrected chi connectivity index (χ0v) is 38.2. The van der Waals surface area contributed by atoms with Crippen molar-refractivity contribution in [2.75, 3.05) is 79.0 Å². The number of nitrogens with one attached hydrogen (secondary N) is 5. The van der Waals surface area contributed by atoms with Crippen LogP contribution in [0.1, 0.15) is 142 Å². The second kappa shape index (κ2) is 43.6. The number of likely N-dealkylation sites (N-methyl/N-ethyl adjacent to an activating group) is 1. The smallest absolute Gasteiger partial charge is 0.303 e. The van der Waals surface area contributed by atoms with Crippen molar-refractivity contribution in [3.63, 3.8) is 0 Å². The lowest BCUT2D eigenvalue weighted by molar-refractivity contribution is -0.137. The monoisotopic (exact) mass is 890 g/mol. The molecule has 4 amide bonds. The van der Waals surface area contributed by atoms with Crippen molar-refractivity contribution in [2.24, 2.45) is 0 Å². The van der Waals surface area contributed by atoms with Crippen LogP contribution < -0.4 is 26.6 Å². The molecule has 0 aromatic heterocycles. The first-order chi connectivity index (χ1) is 29.6. The summed E-state index contributed by atoms with van der Waals surface area (Å²) in [4.78, 5) is 81.7. The zero-order valence-electron chi connectivity index (χ0n) is 37.1. The van der Waals surface area contributed by atoms with Gasteiger partial charge in [0.15, 0.2) is 5.52 Å². The van der Waals surface area contributed by atoms with Crippen LogP contribution in [-0.4, -0.2) is 138 Å². The average Bonchev–Trinajstić information content (AvgIpc) is 3.23. The molecule has 6 N–H and O–H groups in total. The van der Waals surface area contributed by atoms with Gasteiger partial charge in [-0.2, -0.15) is 0 Å². The molecule has 0 bridgehead atoms. The third kappa shape index (κ3) is 42.0. The van der Waals surface area contributed by atoms with Crippen LogP contribution in [0.4, 0.5) is 0 Å². The van der Waals surface area contributed by atoms with Crippen molar-refractivity contribution in [1.29, 1.82) is 0 Å². The van der Waals surface area contributed by atoms with Gasteiger partial charge in [-0.3, -0.25) is 28.8 Å². The number of carbonyl (C=O) groups excluding carboxylic acids is 6. The normalized spacial score (nSPS) is 12.0. The number of carbonyl (C=O) groups is 7. The SMILES string of the molecule is CCN[C@@H](CCCCNC(=O)COCCOCCNC(=O)COCCOCCNC(=O)CCC(C=O)NC(=O)CCCCCCCCCCCCCCCCC(=O)O)C(=O)P. The van der Waals surface area contributed by atoms with Crippen LogP contribution in [0.25, 0.3) is 0 Å². The molecule has 0 spiro atoms. The number of aldehydes is 1. The van der Waals surface area contributed by atoms with Crippen LogP contribution in [0.15, 0.2) is 0 Å². The summed E-state index contributed by atoms with van der Waals surface area (Å²) in [5.74, 6) is -1.64. The van der Waals surface area contributed by atoms with Crippen molar-refractivity contribution < 1.29 is 57.6 Å². The Labute approximate surface area is 367 Å². The van der Waals surface area contributed by atoms with E-state index in [4.69, 9.17) is 24.1 Å². The van der Waals surface area contributed by atoms with Crippen molar-refractivity contribution >= 4 is 50.6 Å². The van der Waals surface area contributed by atoms with Gasteiger partial charge in [-0.05, 0) is 45.1 Å². The summed E-state index contributed by atoms with van der Waals surface area (Å²) >= 11 is 0. The van der Waals surface area contributed by atoms with Crippen LogP contribution in [0, 0.1) is 0 Å². The Balaban J connectivity index is 3.58. The maximum Gasteiger partial charge on any atom is 0.303 e. The fourth-order valence-electron chi connectivity index (χ4n) is 6.20. The van der Waals surface area contributed by atoms with Gasteiger partial charge in [0.05, 0.1) is 51.7 Å². The Morgan fingerprint density at radius 1 is 0.525 bits per heavy atom. The van der Waals surface area contributed by atoms with Gasteiger partial charge in [0, 0.05) is 38.9 Å². The van der Waals surface area contributed by atoms with E-state index in [0.717, 1.165) is 70.8 Å². The van der Waals surface area contributed by atoms with E-state index in [-0.39, 0.29) is 114 Å². The minimum atomic E-state index is -0.707. The predicted molar refractivity (Wildman–Crippen MR) is 237 cm³/mol. The lowest BCUT2D eigenvalue weighted by Gasteiger charge is -2.14. The lowest BCUT2D eigenvalue weighted by atomic mass is 10.0. The number of hydrogen-bond donors (Lipinski definition) is 6. The highest BCUT2D eigenvalue weighted by molar-refractivity contribution is 7.40. The molecule has 0 rings (SSSR count). The molecule has 18 heteroatoms. The van der Waals surface area contributed by atoms with E-state index >= 15 is 0 Å². The summed E-state index contributed by atoms with van der Waals surface area (Å²) in [6, 6.07) is -0.874. The number of carboxylic acids is 1. The number of unbranched alkanes of at least 4 members (excludes halogenated alkanes) is 14. The van der Waals surface area contributed by atoms with Crippen LogP contribution in [-0.2, 0) is 52.5 Å². The molecule has 0 heterocycles. The van der Waals surface area contributed by atoms with Gasteiger partial charge < -0.3 is 55.4 Å². The van der Waals surface area contributed by atoms with E-state index in [9.17, 15) is 33.6 Å². The summed E-state index contributed by atoms with van der Waals surface area (Å²) < 4.78 is 21.4. The number of aliphatic carboxylic acids is 1. The first-order valence-electron chi connectivity index (χ1n) is 22.7. The molecule has 0 fully saturated rings. The molecule has 3 atom stereocenters. The molecular weight excluding hydrogens is 809 g/mol. The predicted octanol–water partition coefficient (Wildman–Crippen LogP) is 3.74. The lowest BCUT2D eigenvalue weighted by Crippen LogP contribution is -2.37. The Hall–Kier alpha value is -3.08. The van der Waals surface area contributed by atoms with Gasteiger partial charge in [-0.15, -0.1) is 0 Å². The standard InChI is InChI=1S/C43H80N5O12P/c1-2-44-37(43(56)61)19-17-18-24-45-40(52)34-59-31-30-58-28-26-47-41(53)35-60-32-29-57-27-25-46-38(50)23-22-36(33-49)48-39(51)20-15-13-11-9-7-5-3-4-6-8-10-12-14-16-21-42(54)55/h33,36-37,44H,2-32,34-35,61H2,1H3,(H,45,52)(H,46,50)(H,47,53)(H,48,51)(H,54,55)/t36?,37-/m0/s1. The summed E-state index contributed by atoms with van der Waals surface area (Å²) in [7, 11) is 2.21. The van der Waals surface area contributed by atoms with E-state index in [1.807, 2.05) is 6.92 Å². The molecule has 0 aromatic rings. The van der Waals surface area contributed by atoms with Gasteiger partial charge in [0.2, 0.25) is 23.6 Å². The number of amides is 4. The number of ether oxygens (including phenoxy) is 4. The van der Waals surface area contributed by atoms with E-state index in [1.165, 1.54) is 44.9 Å². The fourth-order valence-corrected chi connectivity index (χ4v) is 6.49. The van der Waals surface area contributed by atoms with Crippen molar-refractivity contribution in [1.82, 2.24) is 26.6 Å². The summed E-state index contributed by atoms with van der Waals surface area (Å²) in [5, 5.41) is 22.7. The third-order valence-corrected chi connectivity index (χ3v) is 10.0. The molecule has 0 aliphatic carbocycles. The molecule has 0 aromatic carbocycles. The van der Waals surface area contributed by atoms with Gasteiger partial charge in [-0.25, -0.2) is 0 Å². The third-order valence-electron chi connectivity index (χ3n) is 9.62. The Bertz CT molecular complexity index is 1170. The number of hydrogen-bond acceptors (Lipinski definition) is 12. The molecule has 0 aliphatic heterocycles. The van der Waals surface area contributed by atoms with Gasteiger partial charge in [-0.1, -0.05) is 93.2 Å². The van der Waals surface area contributed by atoms with Crippen LogP contribution >= 0.6 is 9.24 Å². The quantitative estimate of drug-likeness (QED) is 0.0291. The van der Waals surface area contributed by atoms with E-state index in [1.54, 1.807) is 0 Å². The fraction of sp³-hybridized carbons (Fsp3) is 0.837. The van der Waals surface area contributed by atoms with Crippen molar-refractivity contribution in [3.8, 4) is 0 Å². The average molecular weight is 890 g/mol. The van der Waals surface area contributed by atoms with Gasteiger partial charge >= 0.3 is 5.97 Å². The summed E-state index contributed by atoms with van der Waals surface area (Å²) in [6.45, 7) is 5.03. The highest BCUT2D eigenvalue weighted by atomic mass is 31.0. The highest BCUT2D eigenvalue weighted by Gasteiger charge is 2.14. The van der Waals surface area contributed by atoms with E-state index < -0.39 is 12.0 Å². The Kier molecular flexibility index (Phi) is 41.4. The van der Waals surface area contributed by atoms with Crippen molar-refractivity contribution in [3.05, 3.63) is 0 Å². The second-order valence-electron chi connectivity index (χ2n) is 15.1. The van der Waals surface area contributed by atoms with Crippen LogP contribution in [0.2, 0.25) is 0 Å². The molecule has 0 radical (unpaired) electrons. The zero-order chi connectivity index (χ0) is 45.0.